The highest BCUT2D eigenvalue weighted by molar-refractivity contribution is 7.80. The van der Waals surface area contributed by atoms with E-state index in [4.69, 9.17) is 16.6 Å². The number of thiol groups is 1. The number of para-hydroxylation sites is 1. The predicted molar refractivity (Wildman–Crippen MR) is 134 cm³/mol. The number of fused-ring (bicyclic) bond motifs is 1. The van der Waals surface area contributed by atoms with E-state index in [2.05, 4.69) is 28.2 Å². The smallest absolute Gasteiger partial charge is 0.305 e. The Kier molecular flexibility index (Phi) is 8.93. The Bertz CT molecular complexity index is 1150. The number of carboxylic acid groups (broad SMARTS) is 1. The molecule has 1 saturated heterocycles. The zero-order chi connectivity index (χ0) is 26.4. The molecule has 13 heteroatoms. The van der Waals surface area contributed by atoms with E-state index in [0.717, 1.165) is 16.5 Å². The number of carbonyl (C=O) groups is 5. The molecule has 8 N–H and O–H groups in total. The summed E-state index contributed by atoms with van der Waals surface area (Å²) in [6.07, 6.45) is 2.11. The molecule has 4 atom stereocenters. The quantitative estimate of drug-likeness (QED) is 0.183. The standard InChI is InChI=1S/C23H30N6O6S/c24-14(9-19(30)31)21(33)27-16(8-12-10-26-15-5-2-1-4-13(12)15)23(35)29-7-3-6-18(29)22(34)28-17(11-36)20(25)32/h1-2,4-5,10,14,16-18,26,36H,3,6-9,11,24H2,(H2,25,32)(H,27,33)(H,28,34)(H,30,31)/t14-,16-,17-,18-/m0/s1. The Hall–Kier alpha value is -3.58. The van der Waals surface area contributed by atoms with Gasteiger partial charge in [0, 0.05) is 35.8 Å². The summed E-state index contributed by atoms with van der Waals surface area (Å²) in [5.74, 6) is -3.84. The Labute approximate surface area is 212 Å². The zero-order valence-electron chi connectivity index (χ0n) is 19.5. The molecule has 194 valence electrons. The molecule has 0 radical (unpaired) electrons. The number of carboxylic acids is 1. The van der Waals surface area contributed by atoms with Crippen molar-refractivity contribution in [1.82, 2.24) is 20.5 Å². The Morgan fingerprint density at radius 2 is 1.89 bits per heavy atom. The number of carbonyl (C=O) groups excluding carboxylic acids is 4. The molecule has 0 saturated carbocycles. The van der Waals surface area contributed by atoms with Crippen LogP contribution in [-0.4, -0.2) is 81.1 Å². The van der Waals surface area contributed by atoms with E-state index >= 15 is 0 Å². The van der Waals surface area contributed by atoms with Crippen molar-refractivity contribution >= 4 is 53.1 Å². The second-order valence-electron chi connectivity index (χ2n) is 8.66. The van der Waals surface area contributed by atoms with Crippen molar-refractivity contribution in [3.8, 4) is 0 Å². The zero-order valence-corrected chi connectivity index (χ0v) is 20.4. The Morgan fingerprint density at radius 1 is 1.17 bits per heavy atom. The van der Waals surface area contributed by atoms with Gasteiger partial charge in [0.1, 0.15) is 18.1 Å². The van der Waals surface area contributed by atoms with E-state index in [1.165, 1.54) is 4.90 Å². The molecule has 4 amide bonds. The van der Waals surface area contributed by atoms with E-state index in [-0.39, 0.29) is 18.7 Å². The third-order valence-electron chi connectivity index (χ3n) is 6.13. The first-order chi connectivity index (χ1) is 17.1. The summed E-state index contributed by atoms with van der Waals surface area (Å²) in [6, 6.07) is 3.11. The van der Waals surface area contributed by atoms with Gasteiger partial charge in [0.2, 0.25) is 23.6 Å². The van der Waals surface area contributed by atoms with E-state index in [1.54, 1.807) is 6.20 Å². The number of benzene rings is 1. The van der Waals surface area contributed by atoms with Crippen molar-refractivity contribution in [2.45, 2.75) is 49.9 Å². The van der Waals surface area contributed by atoms with Gasteiger partial charge in [0.15, 0.2) is 0 Å². The Balaban J connectivity index is 1.84. The molecule has 1 aromatic heterocycles. The highest BCUT2D eigenvalue weighted by atomic mass is 32.1. The summed E-state index contributed by atoms with van der Waals surface area (Å²) in [7, 11) is 0. The van der Waals surface area contributed by atoms with Crippen molar-refractivity contribution in [1.29, 1.82) is 0 Å². The molecule has 0 unspecified atom stereocenters. The van der Waals surface area contributed by atoms with Crippen molar-refractivity contribution in [3.63, 3.8) is 0 Å². The van der Waals surface area contributed by atoms with E-state index < -0.39 is 60.2 Å². The highest BCUT2D eigenvalue weighted by Gasteiger charge is 2.39. The number of aromatic amines is 1. The first kappa shape index (κ1) is 27.0. The van der Waals surface area contributed by atoms with Gasteiger partial charge in [-0.1, -0.05) is 18.2 Å². The fourth-order valence-corrected chi connectivity index (χ4v) is 4.53. The average Bonchev–Trinajstić information content (AvgIpc) is 3.48. The lowest BCUT2D eigenvalue weighted by molar-refractivity contribution is -0.142. The van der Waals surface area contributed by atoms with Crippen molar-refractivity contribution in [2.24, 2.45) is 11.5 Å². The van der Waals surface area contributed by atoms with Gasteiger partial charge in [-0.3, -0.25) is 24.0 Å². The van der Waals surface area contributed by atoms with Crippen LogP contribution in [0, 0.1) is 0 Å². The van der Waals surface area contributed by atoms with E-state index in [9.17, 15) is 24.0 Å². The number of nitrogens with zero attached hydrogens (tertiary/aromatic N) is 1. The molecular formula is C23H30N6O6S. The second kappa shape index (κ2) is 11.9. The molecule has 12 nitrogen and oxygen atoms in total. The molecule has 1 fully saturated rings. The molecule has 0 aliphatic carbocycles. The monoisotopic (exact) mass is 518 g/mol. The minimum atomic E-state index is -1.36. The number of rotatable bonds is 11. The molecule has 1 aliphatic heterocycles. The minimum absolute atomic E-state index is 0.00243. The number of amides is 4. The number of hydrogen-bond donors (Lipinski definition) is 7. The van der Waals surface area contributed by atoms with Gasteiger partial charge < -0.3 is 37.1 Å². The molecule has 0 spiro atoms. The van der Waals surface area contributed by atoms with Gasteiger partial charge in [-0.2, -0.15) is 12.6 Å². The average molecular weight is 519 g/mol. The first-order valence-corrected chi connectivity index (χ1v) is 12.1. The number of hydrogen-bond acceptors (Lipinski definition) is 7. The van der Waals surface area contributed by atoms with Gasteiger partial charge in [-0.15, -0.1) is 0 Å². The summed E-state index contributed by atoms with van der Waals surface area (Å²) in [5.41, 5.74) is 12.6. The van der Waals surface area contributed by atoms with Crippen LogP contribution in [0.4, 0.5) is 0 Å². The number of aliphatic carboxylic acids is 1. The van der Waals surface area contributed by atoms with Gasteiger partial charge in [0.05, 0.1) is 12.5 Å². The lowest BCUT2D eigenvalue weighted by atomic mass is 10.0. The minimum Gasteiger partial charge on any atom is -0.481 e. The number of H-pyrrole nitrogens is 1. The van der Waals surface area contributed by atoms with Crippen LogP contribution >= 0.6 is 12.6 Å². The number of nitrogens with one attached hydrogen (secondary N) is 3. The summed E-state index contributed by atoms with van der Waals surface area (Å²) in [4.78, 5) is 66.2. The third-order valence-corrected chi connectivity index (χ3v) is 6.49. The molecular weight excluding hydrogens is 488 g/mol. The first-order valence-electron chi connectivity index (χ1n) is 11.5. The van der Waals surface area contributed by atoms with Crippen LogP contribution < -0.4 is 22.1 Å². The third kappa shape index (κ3) is 6.34. The SMILES string of the molecule is NC(=O)[C@H](CS)NC(=O)[C@@H]1CCCN1C(=O)[C@H](Cc1c[nH]c2ccccc12)NC(=O)[C@@H](N)CC(=O)O. The van der Waals surface area contributed by atoms with E-state index in [1.807, 2.05) is 24.3 Å². The van der Waals surface area contributed by atoms with Crippen LogP contribution in [0.3, 0.4) is 0 Å². The normalized spacial score (nSPS) is 17.8. The number of aromatic nitrogens is 1. The van der Waals surface area contributed by atoms with Crippen LogP contribution in [0.2, 0.25) is 0 Å². The van der Waals surface area contributed by atoms with Gasteiger partial charge in [0.25, 0.3) is 0 Å². The van der Waals surface area contributed by atoms with Crippen LogP contribution in [0.25, 0.3) is 10.9 Å². The van der Waals surface area contributed by atoms with Crippen molar-refractivity contribution in [2.75, 3.05) is 12.3 Å². The second-order valence-corrected chi connectivity index (χ2v) is 9.03. The van der Waals surface area contributed by atoms with Crippen LogP contribution in [0.15, 0.2) is 30.5 Å². The van der Waals surface area contributed by atoms with Crippen LogP contribution in [0.1, 0.15) is 24.8 Å². The number of primary amides is 1. The van der Waals surface area contributed by atoms with Gasteiger partial charge in [-0.25, -0.2) is 0 Å². The predicted octanol–water partition coefficient (Wildman–Crippen LogP) is -1.11. The summed E-state index contributed by atoms with van der Waals surface area (Å²) in [5, 5.41) is 14.9. The van der Waals surface area contributed by atoms with Crippen molar-refractivity contribution in [3.05, 3.63) is 36.0 Å². The molecule has 0 bridgehead atoms. The molecule has 1 aromatic carbocycles. The maximum Gasteiger partial charge on any atom is 0.305 e. The molecule has 36 heavy (non-hydrogen) atoms. The summed E-state index contributed by atoms with van der Waals surface area (Å²) >= 11 is 4.03. The molecule has 1 aliphatic rings. The number of nitrogens with two attached hydrogens (primary N) is 2. The van der Waals surface area contributed by atoms with Crippen LogP contribution in [-0.2, 0) is 30.4 Å². The number of likely N-dealkylation sites (tertiary alicyclic amines) is 1. The fourth-order valence-electron chi connectivity index (χ4n) is 4.26. The maximum atomic E-state index is 13.6. The molecule has 2 heterocycles. The largest absolute Gasteiger partial charge is 0.481 e. The lowest BCUT2D eigenvalue weighted by Gasteiger charge is -2.30. The summed E-state index contributed by atoms with van der Waals surface area (Å²) in [6.45, 7) is 0.264. The summed E-state index contributed by atoms with van der Waals surface area (Å²) < 4.78 is 0. The van der Waals surface area contributed by atoms with Gasteiger partial charge >= 0.3 is 5.97 Å². The Morgan fingerprint density at radius 3 is 2.56 bits per heavy atom. The highest BCUT2D eigenvalue weighted by Crippen LogP contribution is 2.23. The van der Waals surface area contributed by atoms with Crippen LogP contribution in [0.5, 0.6) is 0 Å². The lowest BCUT2D eigenvalue weighted by Crippen LogP contribution is -2.58. The fraction of sp³-hybridized carbons (Fsp3) is 0.435. The maximum absolute atomic E-state index is 13.6. The topological polar surface area (TPSA) is 201 Å². The van der Waals surface area contributed by atoms with E-state index in [0.29, 0.717) is 12.8 Å². The van der Waals surface area contributed by atoms with Gasteiger partial charge in [-0.05, 0) is 24.5 Å². The van der Waals surface area contributed by atoms with Crippen molar-refractivity contribution < 1.29 is 29.1 Å². The molecule has 3 rings (SSSR count). The molecule has 2 aromatic rings.